The second-order valence-electron chi connectivity index (χ2n) is 8.57. The van der Waals surface area contributed by atoms with Crippen LogP contribution in [0.4, 0.5) is 0 Å². The Morgan fingerprint density at radius 2 is 1.87 bits per heavy atom. The molecule has 2 aliphatic rings. The molecule has 0 aromatic heterocycles. The Hall–Kier alpha value is -1.80. The van der Waals surface area contributed by atoms with Crippen molar-refractivity contribution in [3.05, 3.63) is 57.2 Å². The minimum atomic E-state index is 0.0290. The lowest BCUT2D eigenvalue weighted by Crippen LogP contribution is -2.47. The zero-order valence-electron chi connectivity index (χ0n) is 17.8. The monoisotopic (exact) mass is 520 g/mol. The number of amides is 1. The summed E-state index contributed by atoms with van der Waals surface area (Å²) in [5.41, 5.74) is 2.14. The smallest absolute Gasteiger partial charge is 0.251 e. The first-order valence-corrected chi connectivity index (χ1v) is 11.5. The van der Waals surface area contributed by atoms with Crippen molar-refractivity contribution >= 4 is 28.5 Å². The molecule has 2 aromatic rings. The second-order valence-corrected chi connectivity index (χ2v) is 9.82. The van der Waals surface area contributed by atoms with Gasteiger partial charge in [-0.25, -0.2) is 0 Å². The zero-order valence-corrected chi connectivity index (χ0v) is 19.9. The van der Waals surface area contributed by atoms with E-state index in [1.54, 1.807) is 14.2 Å². The standard InChI is InChI=1S/C24H29IN2O3/c1-27-14-18-12-20(26-23(28)16-4-7-19(25)8-5-16)10-11-24(18,15-27)17-6-9-21(29-2)22(13-17)30-3/h4-9,13,18,20H,10-12,14-15H2,1-3H3,(H,26,28)/t18-,20-,24+/m1/s1. The summed E-state index contributed by atoms with van der Waals surface area (Å²) in [6.07, 6.45) is 3.03. The number of halogens is 1. The van der Waals surface area contributed by atoms with Crippen LogP contribution in [-0.4, -0.2) is 51.2 Å². The van der Waals surface area contributed by atoms with Crippen molar-refractivity contribution in [2.45, 2.75) is 30.7 Å². The molecule has 160 valence electrons. The molecule has 1 aliphatic heterocycles. The number of rotatable bonds is 5. The fourth-order valence-corrected chi connectivity index (χ4v) is 5.68. The molecule has 0 spiro atoms. The van der Waals surface area contributed by atoms with E-state index in [9.17, 15) is 4.79 Å². The van der Waals surface area contributed by atoms with E-state index in [0.717, 1.165) is 53.0 Å². The molecule has 2 aromatic carbocycles. The molecule has 0 radical (unpaired) electrons. The van der Waals surface area contributed by atoms with Crippen LogP contribution in [0.15, 0.2) is 42.5 Å². The molecule has 1 heterocycles. The van der Waals surface area contributed by atoms with Crippen molar-refractivity contribution in [1.82, 2.24) is 10.2 Å². The van der Waals surface area contributed by atoms with Gasteiger partial charge in [0, 0.05) is 33.7 Å². The molecule has 1 saturated carbocycles. The van der Waals surface area contributed by atoms with Crippen LogP contribution in [0.2, 0.25) is 0 Å². The Morgan fingerprint density at radius 3 is 2.57 bits per heavy atom. The Kier molecular flexibility index (Phi) is 6.25. The van der Waals surface area contributed by atoms with Crippen molar-refractivity contribution in [3.8, 4) is 11.5 Å². The third-order valence-corrected chi connectivity index (χ3v) is 7.49. The fourth-order valence-electron chi connectivity index (χ4n) is 5.32. The maximum Gasteiger partial charge on any atom is 0.251 e. The Bertz CT molecular complexity index is 917. The van der Waals surface area contributed by atoms with Gasteiger partial charge in [0.05, 0.1) is 14.2 Å². The maximum absolute atomic E-state index is 12.7. The number of hydrogen-bond donors (Lipinski definition) is 1. The lowest BCUT2D eigenvalue weighted by Gasteiger charge is -2.43. The number of benzene rings is 2. The highest BCUT2D eigenvalue weighted by molar-refractivity contribution is 14.1. The molecule has 1 saturated heterocycles. The van der Waals surface area contributed by atoms with Crippen molar-refractivity contribution in [1.29, 1.82) is 0 Å². The first-order valence-electron chi connectivity index (χ1n) is 10.4. The summed E-state index contributed by atoms with van der Waals surface area (Å²) in [6.45, 7) is 2.08. The number of likely N-dealkylation sites (N-methyl/N-ethyl adjacent to an activating group) is 1. The Labute approximate surface area is 192 Å². The zero-order chi connectivity index (χ0) is 21.3. The molecule has 3 atom stereocenters. The molecule has 1 aliphatic carbocycles. The van der Waals surface area contributed by atoms with E-state index in [4.69, 9.17) is 9.47 Å². The first kappa shape index (κ1) is 21.4. The highest BCUT2D eigenvalue weighted by Gasteiger charge is 2.50. The maximum atomic E-state index is 12.7. The van der Waals surface area contributed by atoms with Crippen molar-refractivity contribution < 1.29 is 14.3 Å². The van der Waals surface area contributed by atoms with Gasteiger partial charge in [-0.3, -0.25) is 4.79 Å². The van der Waals surface area contributed by atoms with Gasteiger partial charge in [-0.15, -0.1) is 0 Å². The van der Waals surface area contributed by atoms with E-state index in [1.807, 2.05) is 30.3 Å². The molecular formula is C24H29IN2O3. The van der Waals surface area contributed by atoms with Gasteiger partial charge < -0.3 is 19.7 Å². The number of fused-ring (bicyclic) bond motifs is 1. The van der Waals surface area contributed by atoms with Crippen LogP contribution >= 0.6 is 22.6 Å². The van der Waals surface area contributed by atoms with E-state index in [0.29, 0.717) is 5.92 Å². The largest absolute Gasteiger partial charge is 0.493 e. The van der Waals surface area contributed by atoms with Crippen molar-refractivity contribution in [2.75, 3.05) is 34.4 Å². The number of ether oxygens (including phenoxy) is 2. The van der Waals surface area contributed by atoms with Crippen LogP contribution in [-0.2, 0) is 5.41 Å². The second kappa shape index (κ2) is 8.75. The minimum Gasteiger partial charge on any atom is -0.493 e. The van der Waals surface area contributed by atoms with Gasteiger partial charge in [0.25, 0.3) is 5.91 Å². The van der Waals surface area contributed by atoms with Crippen molar-refractivity contribution in [2.24, 2.45) is 5.92 Å². The summed E-state index contributed by atoms with van der Waals surface area (Å²) < 4.78 is 12.1. The predicted molar refractivity (Wildman–Crippen MR) is 126 cm³/mol. The molecule has 0 unspecified atom stereocenters. The van der Waals surface area contributed by atoms with Crippen LogP contribution in [0.1, 0.15) is 35.2 Å². The summed E-state index contributed by atoms with van der Waals surface area (Å²) in [6, 6.07) is 14.3. The number of methoxy groups -OCH3 is 2. The average Bonchev–Trinajstić information content (AvgIpc) is 3.09. The Balaban J connectivity index is 1.53. The molecule has 5 nitrogen and oxygen atoms in total. The van der Waals surface area contributed by atoms with Gasteiger partial charge in [0.15, 0.2) is 11.5 Å². The molecule has 0 bridgehead atoms. The number of carbonyl (C=O) groups excluding carboxylic acids is 1. The quantitative estimate of drug-likeness (QED) is 0.604. The molecule has 1 amide bonds. The van der Waals surface area contributed by atoms with Crippen LogP contribution in [0, 0.1) is 9.49 Å². The van der Waals surface area contributed by atoms with E-state index in [1.165, 1.54) is 5.56 Å². The summed E-state index contributed by atoms with van der Waals surface area (Å²) in [7, 11) is 5.55. The van der Waals surface area contributed by atoms with E-state index in [2.05, 4.69) is 52.0 Å². The molecule has 6 heteroatoms. The van der Waals surface area contributed by atoms with Gasteiger partial charge in [-0.05, 0) is 96.8 Å². The summed E-state index contributed by atoms with van der Waals surface area (Å²) in [4.78, 5) is 15.2. The lowest BCUT2D eigenvalue weighted by molar-refractivity contribution is 0.0904. The number of carbonyl (C=O) groups is 1. The van der Waals surface area contributed by atoms with Crippen LogP contribution in [0.3, 0.4) is 0 Å². The highest BCUT2D eigenvalue weighted by atomic mass is 127. The Morgan fingerprint density at radius 1 is 1.13 bits per heavy atom. The number of hydrogen-bond acceptors (Lipinski definition) is 4. The SMILES string of the molecule is COc1ccc([C@@]23CC[C@@H](NC(=O)c4ccc(I)cc4)C[C@@H]2CN(C)C3)cc1OC. The summed E-state index contributed by atoms with van der Waals surface area (Å²) >= 11 is 2.26. The molecule has 2 fully saturated rings. The van der Waals surface area contributed by atoms with Gasteiger partial charge in [0.2, 0.25) is 0 Å². The number of likely N-dealkylation sites (tertiary alicyclic amines) is 1. The topological polar surface area (TPSA) is 50.8 Å². The first-order chi connectivity index (χ1) is 14.4. The normalized spacial score (nSPS) is 26.1. The highest BCUT2D eigenvalue weighted by Crippen LogP contribution is 2.49. The minimum absolute atomic E-state index is 0.0290. The molecule has 4 rings (SSSR count). The molecule has 30 heavy (non-hydrogen) atoms. The van der Waals surface area contributed by atoms with E-state index < -0.39 is 0 Å². The fraction of sp³-hybridized carbons (Fsp3) is 0.458. The third kappa shape index (κ3) is 4.04. The van der Waals surface area contributed by atoms with Crippen LogP contribution in [0.5, 0.6) is 11.5 Å². The van der Waals surface area contributed by atoms with Crippen LogP contribution in [0.25, 0.3) is 0 Å². The lowest BCUT2D eigenvalue weighted by atomic mass is 9.63. The predicted octanol–water partition coefficient (Wildman–Crippen LogP) is 4.09. The van der Waals surface area contributed by atoms with Gasteiger partial charge in [-0.2, -0.15) is 0 Å². The van der Waals surface area contributed by atoms with E-state index in [-0.39, 0.29) is 17.4 Å². The van der Waals surface area contributed by atoms with Crippen LogP contribution < -0.4 is 14.8 Å². The summed E-state index contributed by atoms with van der Waals surface area (Å²) in [5, 5.41) is 3.29. The molecular weight excluding hydrogens is 491 g/mol. The third-order valence-electron chi connectivity index (χ3n) is 6.77. The molecule has 1 N–H and O–H groups in total. The van der Waals surface area contributed by atoms with Gasteiger partial charge in [-0.1, -0.05) is 6.07 Å². The van der Waals surface area contributed by atoms with Gasteiger partial charge in [0.1, 0.15) is 0 Å². The number of nitrogens with one attached hydrogen (secondary N) is 1. The van der Waals surface area contributed by atoms with Gasteiger partial charge >= 0.3 is 0 Å². The van der Waals surface area contributed by atoms with E-state index >= 15 is 0 Å². The average molecular weight is 520 g/mol. The summed E-state index contributed by atoms with van der Waals surface area (Å²) in [5.74, 6) is 2.07. The van der Waals surface area contributed by atoms with Crippen molar-refractivity contribution in [3.63, 3.8) is 0 Å². The number of nitrogens with zero attached hydrogens (tertiary/aromatic N) is 1.